The lowest BCUT2D eigenvalue weighted by atomic mass is 10.2. The predicted molar refractivity (Wildman–Crippen MR) is 70.3 cm³/mol. The van der Waals surface area contributed by atoms with Gasteiger partial charge < -0.3 is 10.2 Å². The van der Waals surface area contributed by atoms with Crippen LogP contribution in [0.1, 0.15) is 19.8 Å². The molecule has 0 atom stereocenters. The summed E-state index contributed by atoms with van der Waals surface area (Å²) in [6, 6.07) is 0. The Bertz CT molecular complexity index is 442. The van der Waals surface area contributed by atoms with Crippen LogP contribution in [0.25, 0.3) is 0 Å². The highest BCUT2D eigenvalue weighted by Crippen LogP contribution is 2.19. The first-order valence-electron chi connectivity index (χ1n) is 5.85. The average Bonchev–Trinajstić information content (AvgIpc) is 2.88. The van der Waals surface area contributed by atoms with Crippen LogP contribution in [0.5, 0.6) is 0 Å². The molecule has 0 saturated heterocycles. The smallest absolute Gasteiger partial charge is 0.245 e. The maximum Gasteiger partial charge on any atom is 0.245 e. The Hall–Kier alpha value is -1.78. The normalized spacial score (nSPS) is 14.5. The van der Waals surface area contributed by atoms with Gasteiger partial charge in [0.15, 0.2) is 0 Å². The Kier molecular flexibility index (Phi) is 3.46. The summed E-state index contributed by atoms with van der Waals surface area (Å²) < 4.78 is 0. The first-order valence-corrected chi connectivity index (χ1v) is 5.85. The molecule has 1 aliphatic carbocycles. The molecule has 0 unspecified atom stereocenters. The topological polar surface area (TPSA) is 56.8 Å². The van der Waals surface area contributed by atoms with Gasteiger partial charge in [0.05, 0.1) is 0 Å². The van der Waals surface area contributed by atoms with Gasteiger partial charge in [0.2, 0.25) is 11.9 Å². The molecule has 5 heteroatoms. The zero-order chi connectivity index (χ0) is 12.3. The minimum absolute atomic E-state index is 0.698. The Balaban J connectivity index is 1.78. The number of rotatable bonds is 5. The number of H-pyrrole nitrogens is 1. The van der Waals surface area contributed by atoms with Crippen LogP contribution in [0.15, 0.2) is 23.3 Å². The third kappa shape index (κ3) is 3.09. The fourth-order valence-corrected chi connectivity index (χ4v) is 1.76. The molecular weight excluding hydrogens is 214 g/mol. The molecule has 92 valence electrons. The van der Waals surface area contributed by atoms with Gasteiger partial charge >= 0.3 is 0 Å². The molecule has 0 amide bonds. The van der Waals surface area contributed by atoms with Gasteiger partial charge in [-0.15, -0.1) is 5.10 Å². The van der Waals surface area contributed by atoms with Crippen molar-refractivity contribution in [2.24, 2.45) is 0 Å². The van der Waals surface area contributed by atoms with E-state index in [1.807, 2.05) is 19.0 Å². The Morgan fingerprint density at radius 3 is 2.88 bits per heavy atom. The molecular formula is C12H19N5. The molecule has 1 aromatic rings. The molecule has 0 radical (unpaired) electrons. The number of nitrogens with zero attached hydrogens (tertiary/aromatic N) is 3. The number of hydrogen-bond donors (Lipinski definition) is 2. The molecule has 2 rings (SSSR count). The second-order valence-electron chi connectivity index (χ2n) is 4.53. The van der Waals surface area contributed by atoms with Gasteiger partial charge in [-0.25, -0.2) is 5.10 Å². The summed E-state index contributed by atoms with van der Waals surface area (Å²) in [6.07, 6.45) is 6.66. The van der Waals surface area contributed by atoms with Crippen molar-refractivity contribution in [1.29, 1.82) is 0 Å². The van der Waals surface area contributed by atoms with E-state index in [0.717, 1.165) is 25.3 Å². The summed E-state index contributed by atoms with van der Waals surface area (Å²) in [7, 11) is 3.84. The van der Waals surface area contributed by atoms with Crippen LogP contribution in [0, 0.1) is 0 Å². The lowest BCUT2D eigenvalue weighted by Gasteiger charge is -2.04. The Morgan fingerprint density at radius 1 is 1.47 bits per heavy atom. The number of nitrogens with one attached hydrogen (secondary N) is 2. The molecule has 5 nitrogen and oxygen atoms in total. The minimum atomic E-state index is 0.698. The molecule has 0 saturated carbocycles. The van der Waals surface area contributed by atoms with Gasteiger partial charge in [0.1, 0.15) is 0 Å². The van der Waals surface area contributed by atoms with Gasteiger partial charge in [-0.05, 0) is 25.3 Å². The van der Waals surface area contributed by atoms with E-state index in [1.54, 1.807) is 0 Å². The van der Waals surface area contributed by atoms with Crippen LogP contribution in [0.4, 0.5) is 11.9 Å². The molecule has 1 aliphatic rings. The van der Waals surface area contributed by atoms with Crippen molar-refractivity contribution in [2.45, 2.75) is 19.8 Å². The molecule has 0 spiro atoms. The van der Waals surface area contributed by atoms with Crippen LogP contribution in [-0.2, 0) is 0 Å². The number of aromatic amines is 1. The third-order valence-corrected chi connectivity index (χ3v) is 2.70. The van der Waals surface area contributed by atoms with E-state index < -0.39 is 0 Å². The number of aromatic nitrogens is 3. The zero-order valence-corrected chi connectivity index (χ0v) is 10.6. The monoisotopic (exact) mass is 233 g/mol. The van der Waals surface area contributed by atoms with Gasteiger partial charge in [0.25, 0.3) is 0 Å². The largest absolute Gasteiger partial charge is 0.354 e. The summed E-state index contributed by atoms with van der Waals surface area (Å²) in [5, 5.41) is 10.2. The van der Waals surface area contributed by atoms with E-state index in [4.69, 9.17) is 0 Å². The standard InChI is InChI=1S/C12H19N5/c1-9-4-5-10(8-9)6-7-13-11-14-12(16-15-11)17(2)3/h5,8H,4,6-7H2,1-3H3,(H2,13,14,15,16). The fraction of sp³-hybridized carbons (Fsp3) is 0.500. The molecule has 0 aliphatic heterocycles. The number of allylic oxidation sites excluding steroid dienone is 3. The van der Waals surface area contributed by atoms with Crippen LogP contribution >= 0.6 is 0 Å². The van der Waals surface area contributed by atoms with E-state index >= 15 is 0 Å². The number of anilines is 2. The lowest BCUT2D eigenvalue weighted by molar-refractivity contribution is 0.983. The van der Waals surface area contributed by atoms with Gasteiger partial charge in [-0.1, -0.05) is 17.7 Å². The third-order valence-electron chi connectivity index (χ3n) is 2.70. The molecule has 2 N–H and O–H groups in total. The van der Waals surface area contributed by atoms with Crippen molar-refractivity contribution in [3.63, 3.8) is 0 Å². The first kappa shape index (κ1) is 11.7. The lowest BCUT2D eigenvalue weighted by Crippen LogP contribution is -2.10. The van der Waals surface area contributed by atoms with Gasteiger partial charge in [-0.2, -0.15) is 4.98 Å². The first-order chi connectivity index (χ1) is 8.15. The highest BCUT2D eigenvalue weighted by Gasteiger charge is 2.05. The quantitative estimate of drug-likeness (QED) is 0.816. The predicted octanol–water partition coefficient (Wildman–Crippen LogP) is 1.95. The molecule has 0 bridgehead atoms. The van der Waals surface area contributed by atoms with Crippen molar-refractivity contribution in [2.75, 3.05) is 30.9 Å². The SMILES string of the molecule is CC1=CC(CCNc2nc(N(C)C)n[nH]2)=CC1. The van der Waals surface area contributed by atoms with Gasteiger partial charge in [0, 0.05) is 20.6 Å². The Morgan fingerprint density at radius 2 is 2.29 bits per heavy atom. The summed E-state index contributed by atoms with van der Waals surface area (Å²) in [5.74, 6) is 1.43. The molecule has 1 heterocycles. The fourth-order valence-electron chi connectivity index (χ4n) is 1.76. The van der Waals surface area contributed by atoms with Crippen LogP contribution in [0.3, 0.4) is 0 Å². The van der Waals surface area contributed by atoms with Gasteiger partial charge in [-0.3, -0.25) is 0 Å². The van der Waals surface area contributed by atoms with E-state index in [1.165, 1.54) is 11.1 Å². The molecule has 17 heavy (non-hydrogen) atoms. The van der Waals surface area contributed by atoms with Crippen molar-refractivity contribution >= 4 is 11.9 Å². The summed E-state index contributed by atoms with van der Waals surface area (Å²) in [4.78, 5) is 6.17. The van der Waals surface area contributed by atoms with Crippen molar-refractivity contribution in [3.05, 3.63) is 23.3 Å². The van der Waals surface area contributed by atoms with Crippen LogP contribution < -0.4 is 10.2 Å². The molecule has 0 aromatic carbocycles. The van der Waals surface area contributed by atoms with Crippen LogP contribution in [-0.4, -0.2) is 35.8 Å². The van der Waals surface area contributed by atoms with Crippen molar-refractivity contribution < 1.29 is 0 Å². The average molecular weight is 233 g/mol. The van der Waals surface area contributed by atoms with Crippen LogP contribution in [0.2, 0.25) is 0 Å². The Labute approximate surface area is 102 Å². The zero-order valence-electron chi connectivity index (χ0n) is 10.6. The summed E-state index contributed by atoms with van der Waals surface area (Å²) >= 11 is 0. The number of hydrogen-bond acceptors (Lipinski definition) is 4. The maximum atomic E-state index is 4.30. The molecule has 1 aromatic heterocycles. The van der Waals surface area contributed by atoms with Crippen molar-refractivity contribution in [1.82, 2.24) is 15.2 Å². The second-order valence-corrected chi connectivity index (χ2v) is 4.53. The van der Waals surface area contributed by atoms with E-state index in [-0.39, 0.29) is 0 Å². The van der Waals surface area contributed by atoms with Crippen molar-refractivity contribution in [3.8, 4) is 0 Å². The molecule has 0 fully saturated rings. The summed E-state index contributed by atoms with van der Waals surface area (Å²) in [6.45, 7) is 3.04. The highest BCUT2D eigenvalue weighted by atomic mass is 15.4. The van der Waals surface area contributed by atoms with E-state index in [9.17, 15) is 0 Å². The highest BCUT2D eigenvalue weighted by molar-refractivity contribution is 5.36. The minimum Gasteiger partial charge on any atom is -0.354 e. The van der Waals surface area contributed by atoms with E-state index in [2.05, 4.69) is 39.6 Å². The second kappa shape index (κ2) is 5.03. The maximum absolute atomic E-state index is 4.30. The van der Waals surface area contributed by atoms with E-state index in [0.29, 0.717) is 5.95 Å². The summed E-state index contributed by atoms with van der Waals surface area (Å²) in [5.41, 5.74) is 2.84.